The lowest BCUT2D eigenvalue weighted by molar-refractivity contribution is -0.137. The lowest BCUT2D eigenvalue weighted by atomic mass is 10.2. The number of nitrogens with zero attached hydrogens (tertiary/aromatic N) is 1. The fourth-order valence-corrected chi connectivity index (χ4v) is 2.36. The third-order valence-electron chi connectivity index (χ3n) is 3.66. The standard InChI is InChI=1S/C19H12F5N3O/c20-13-4-5-17(16(21)8-13)27-18(28)11-6-15(10-25-9-11)26-14-3-1-2-12(7-14)19(22,23)24/h1-10,26H,(H,27,28). The van der Waals surface area contributed by atoms with Gasteiger partial charge in [-0.3, -0.25) is 9.78 Å². The van der Waals surface area contributed by atoms with Crippen LogP contribution in [0.2, 0.25) is 0 Å². The van der Waals surface area contributed by atoms with Gasteiger partial charge in [0, 0.05) is 18.0 Å². The van der Waals surface area contributed by atoms with Gasteiger partial charge < -0.3 is 10.6 Å². The number of benzene rings is 2. The summed E-state index contributed by atoms with van der Waals surface area (Å²) in [6, 6.07) is 8.54. The Labute approximate surface area is 156 Å². The third kappa shape index (κ3) is 4.61. The van der Waals surface area contributed by atoms with Crippen LogP contribution in [0, 0.1) is 11.6 Å². The van der Waals surface area contributed by atoms with E-state index >= 15 is 0 Å². The van der Waals surface area contributed by atoms with Gasteiger partial charge in [-0.05, 0) is 36.4 Å². The zero-order chi connectivity index (χ0) is 20.3. The highest BCUT2D eigenvalue weighted by molar-refractivity contribution is 6.04. The van der Waals surface area contributed by atoms with Crippen molar-refractivity contribution in [1.29, 1.82) is 0 Å². The lowest BCUT2D eigenvalue weighted by Crippen LogP contribution is -2.13. The number of pyridine rings is 1. The van der Waals surface area contributed by atoms with Crippen molar-refractivity contribution in [2.45, 2.75) is 6.18 Å². The van der Waals surface area contributed by atoms with Crippen LogP contribution >= 0.6 is 0 Å². The zero-order valence-electron chi connectivity index (χ0n) is 14.0. The summed E-state index contributed by atoms with van der Waals surface area (Å²) in [5, 5.41) is 5.00. The maximum Gasteiger partial charge on any atom is 0.416 e. The molecular formula is C19H12F5N3O. The number of hydrogen-bond acceptors (Lipinski definition) is 3. The van der Waals surface area contributed by atoms with Crippen LogP contribution in [-0.2, 0) is 6.18 Å². The van der Waals surface area contributed by atoms with E-state index in [1.165, 1.54) is 30.6 Å². The topological polar surface area (TPSA) is 54.0 Å². The Morgan fingerprint density at radius 2 is 1.71 bits per heavy atom. The minimum atomic E-state index is -4.49. The Morgan fingerprint density at radius 3 is 2.43 bits per heavy atom. The summed E-state index contributed by atoms with van der Waals surface area (Å²) in [5.74, 6) is -2.45. The highest BCUT2D eigenvalue weighted by Gasteiger charge is 2.30. The summed E-state index contributed by atoms with van der Waals surface area (Å²) >= 11 is 0. The Hall–Kier alpha value is -3.49. The molecule has 4 nitrogen and oxygen atoms in total. The van der Waals surface area contributed by atoms with Gasteiger partial charge >= 0.3 is 6.18 Å². The van der Waals surface area contributed by atoms with Crippen LogP contribution in [0.5, 0.6) is 0 Å². The normalized spacial score (nSPS) is 11.2. The molecule has 0 radical (unpaired) electrons. The van der Waals surface area contributed by atoms with Crippen molar-refractivity contribution >= 4 is 23.0 Å². The number of carbonyl (C=O) groups is 1. The molecule has 1 aromatic heterocycles. The summed E-state index contributed by atoms with van der Waals surface area (Å²) < 4.78 is 65.0. The number of nitrogens with one attached hydrogen (secondary N) is 2. The Kier molecular flexibility index (Phi) is 5.25. The smallest absolute Gasteiger partial charge is 0.354 e. The van der Waals surface area contributed by atoms with Crippen molar-refractivity contribution in [3.05, 3.63) is 83.7 Å². The molecule has 0 unspecified atom stereocenters. The second-order valence-electron chi connectivity index (χ2n) is 5.74. The summed E-state index contributed by atoms with van der Waals surface area (Å²) in [5.41, 5.74) is -0.611. The summed E-state index contributed by atoms with van der Waals surface area (Å²) in [4.78, 5) is 16.1. The molecule has 144 valence electrons. The second kappa shape index (κ2) is 7.63. The predicted octanol–water partition coefficient (Wildman–Crippen LogP) is 5.37. The predicted molar refractivity (Wildman–Crippen MR) is 93.3 cm³/mol. The third-order valence-corrected chi connectivity index (χ3v) is 3.66. The minimum Gasteiger partial charge on any atom is -0.354 e. The molecule has 0 saturated carbocycles. The van der Waals surface area contributed by atoms with Crippen LogP contribution in [0.3, 0.4) is 0 Å². The molecule has 1 amide bonds. The number of halogens is 5. The quantitative estimate of drug-likeness (QED) is 0.586. The SMILES string of the molecule is O=C(Nc1ccc(F)cc1F)c1cncc(Nc2cccc(C(F)(F)F)c2)c1. The number of aromatic nitrogens is 1. The first-order chi connectivity index (χ1) is 13.2. The summed E-state index contributed by atoms with van der Waals surface area (Å²) in [6.07, 6.45) is -1.97. The Balaban J connectivity index is 1.78. The van der Waals surface area contributed by atoms with Crippen LogP contribution in [-0.4, -0.2) is 10.9 Å². The average Bonchev–Trinajstić information content (AvgIpc) is 2.64. The van der Waals surface area contributed by atoms with E-state index in [0.717, 1.165) is 24.3 Å². The number of carbonyl (C=O) groups excluding carboxylic acids is 1. The highest BCUT2D eigenvalue weighted by atomic mass is 19.4. The Morgan fingerprint density at radius 1 is 0.929 bits per heavy atom. The van der Waals surface area contributed by atoms with Crippen LogP contribution in [0.25, 0.3) is 0 Å². The maximum atomic E-state index is 13.7. The fourth-order valence-electron chi connectivity index (χ4n) is 2.36. The summed E-state index contributed by atoms with van der Waals surface area (Å²) in [7, 11) is 0. The average molecular weight is 393 g/mol. The number of amides is 1. The second-order valence-corrected chi connectivity index (χ2v) is 5.74. The molecule has 2 N–H and O–H groups in total. The van der Waals surface area contributed by atoms with Gasteiger partial charge in [-0.1, -0.05) is 6.07 Å². The number of anilines is 3. The maximum absolute atomic E-state index is 13.7. The van der Waals surface area contributed by atoms with E-state index in [-0.39, 0.29) is 22.6 Å². The molecule has 0 atom stereocenters. The van der Waals surface area contributed by atoms with Crippen LogP contribution < -0.4 is 10.6 Å². The minimum absolute atomic E-state index is 0.0284. The molecule has 0 aliphatic heterocycles. The molecule has 0 aliphatic carbocycles. The van der Waals surface area contributed by atoms with Gasteiger partial charge in [0.15, 0.2) is 0 Å². The fraction of sp³-hybridized carbons (Fsp3) is 0.0526. The molecule has 0 spiro atoms. The van der Waals surface area contributed by atoms with Gasteiger partial charge in [-0.25, -0.2) is 8.78 Å². The first-order valence-corrected chi connectivity index (χ1v) is 7.88. The van der Waals surface area contributed by atoms with Crippen molar-refractivity contribution in [2.75, 3.05) is 10.6 Å². The molecule has 9 heteroatoms. The molecule has 3 rings (SSSR count). The molecule has 1 heterocycles. The van der Waals surface area contributed by atoms with E-state index in [0.29, 0.717) is 6.07 Å². The Bertz CT molecular complexity index is 1020. The zero-order valence-corrected chi connectivity index (χ0v) is 14.0. The van der Waals surface area contributed by atoms with Crippen molar-refractivity contribution in [3.8, 4) is 0 Å². The number of hydrogen-bond donors (Lipinski definition) is 2. The molecule has 0 saturated heterocycles. The molecule has 0 fully saturated rings. The van der Waals surface area contributed by atoms with Crippen LogP contribution in [0.15, 0.2) is 60.9 Å². The van der Waals surface area contributed by atoms with Gasteiger partial charge in [-0.15, -0.1) is 0 Å². The molecule has 0 bridgehead atoms. The first-order valence-electron chi connectivity index (χ1n) is 7.88. The molecular weight excluding hydrogens is 381 g/mol. The van der Waals surface area contributed by atoms with E-state index in [1.807, 2.05) is 0 Å². The molecule has 2 aromatic carbocycles. The molecule has 28 heavy (non-hydrogen) atoms. The highest BCUT2D eigenvalue weighted by Crippen LogP contribution is 2.31. The number of rotatable bonds is 4. The van der Waals surface area contributed by atoms with Gasteiger partial charge in [0.05, 0.1) is 28.7 Å². The monoisotopic (exact) mass is 393 g/mol. The van der Waals surface area contributed by atoms with E-state index in [2.05, 4.69) is 15.6 Å². The molecule has 0 aliphatic rings. The lowest BCUT2D eigenvalue weighted by Gasteiger charge is -2.11. The van der Waals surface area contributed by atoms with E-state index in [4.69, 9.17) is 0 Å². The summed E-state index contributed by atoms with van der Waals surface area (Å²) in [6.45, 7) is 0. The van der Waals surface area contributed by atoms with Crippen LogP contribution in [0.4, 0.5) is 39.0 Å². The van der Waals surface area contributed by atoms with Crippen molar-refractivity contribution in [1.82, 2.24) is 4.98 Å². The van der Waals surface area contributed by atoms with Gasteiger partial charge in [0.25, 0.3) is 5.91 Å². The van der Waals surface area contributed by atoms with Crippen molar-refractivity contribution in [3.63, 3.8) is 0 Å². The molecule has 3 aromatic rings. The van der Waals surface area contributed by atoms with E-state index < -0.39 is 29.3 Å². The van der Waals surface area contributed by atoms with Gasteiger partial charge in [-0.2, -0.15) is 13.2 Å². The van der Waals surface area contributed by atoms with E-state index in [1.54, 1.807) is 0 Å². The van der Waals surface area contributed by atoms with Crippen molar-refractivity contribution in [2.24, 2.45) is 0 Å². The van der Waals surface area contributed by atoms with E-state index in [9.17, 15) is 26.7 Å². The van der Waals surface area contributed by atoms with Gasteiger partial charge in [0.1, 0.15) is 11.6 Å². The first kappa shape index (κ1) is 19.3. The van der Waals surface area contributed by atoms with Crippen LogP contribution in [0.1, 0.15) is 15.9 Å². The van der Waals surface area contributed by atoms with Gasteiger partial charge in [0.2, 0.25) is 0 Å². The van der Waals surface area contributed by atoms with Crippen molar-refractivity contribution < 1.29 is 26.7 Å². The largest absolute Gasteiger partial charge is 0.416 e. The number of alkyl halides is 3.